The van der Waals surface area contributed by atoms with E-state index < -0.39 is 0 Å². The molecule has 0 unspecified atom stereocenters. The monoisotopic (exact) mass is 214 g/mol. The largest absolute Gasteiger partial charge is 0.376 e. The summed E-state index contributed by atoms with van der Waals surface area (Å²) in [6.07, 6.45) is 1.79. The zero-order valence-electron chi connectivity index (χ0n) is 9.69. The second-order valence-electron chi connectivity index (χ2n) is 4.02. The normalized spacial score (nSPS) is 10.4. The van der Waals surface area contributed by atoms with Gasteiger partial charge in [0.25, 0.3) is 0 Å². The first-order valence-electron chi connectivity index (χ1n) is 5.16. The molecule has 0 N–H and O–H groups in total. The molecule has 0 atom stereocenters. The van der Waals surface area contributed by atoms with Crippen LogP contribution in [0.4, 0.5) is 5.69 Å². The number of benzene rings is 1. The third-order valence-electron chi connectivity index (χ3n) is 2.59. The minimum Gasteiger partial charge on any atom is -0.376 e. The number of carbonyl (C=O) groups excluding carboxylic acids is 1. The van der Waals surface area contributed by atoms with Gasteiger partial charge in [-0.15, -0.1) is 0 Å². The van der Waals surface area contributed by atoms with Crippen molar-refractivity contribution in [3.63, 3.8) is 0 Å². The van der Waals surface area contributed by atoms with Crippen LogP contribution >= 0.6 is 0 Å². The number of hydrogen-bond donors (Lipinski definition) is 0. The second kappa shape index (κ2) is 3.93. The van der Waals surface area contributed by atoms with Crippen molar-refractivity contribution in [1.29, 1.82) is 0 Å². The molecule has 0 spiro atoms. The third kappa shape index (κ3) is 1.76. The van der Waals surface area contributed by atoms with Gasteiger partial charge in [0.1, 0.15) is 0 Å². The highest BCUT2D eigenvalue weighted by Gasteiger charge is 2.07. The fourth-order valence-electron chi connectivity index (χ4n) is 1.68. The summed E-state index contributed by atoms with van der Waals surface area (Å²) in [5.74, 6) is 0.0516. The molecule has 1 heterocycles. The first-order chi connectivity index (χ1) is 7.59. The highest BCUT2D eigenvalue weighted by Crippen LogP contribution is 2.21. The zero-order chi connectivity index (χ0) is 11.7. The van der Waals surface area contributed by atoms with E-state index in [-0.39, 0.29) is 5.78 Å². The van der Waals surface area contributed by atoms with Crippen LogP contribution in [0.3, 0.4) is 0 Å². The Morgan fingerprint density at radius 3 is 2.69 bits per heavy atom. The Morgan fingerprint density at radius 2 is 2.06 bits per heavy atom. The van der Waals surface area contributed by atoms with Crippen molar-refractivity contribution in [2.45, 2.75) is 6.92 Å². The quantitative estimate of drug-likeness (QED) is 0.720. The molecule has 0 amide bonds. The van der Waals surface area contributed by atoms with E-state index in [2.05, 4.69) is 4.98 Å². The summed E-state index contributed by atoms with van der Waals surface area (Å²) in [5, 5.41) is 0.999. The standard InChI is InChI=1S/C13H14N2O/c1-9(16)12-6-4-5-10-7-11(15(2)3)8-14-13(10)12/h4-8H,1-3H3. The lowest BCUT2D eigenvalue weighted by atomic mass is 10.1. The highest BCUT2D eigenvalue weighted by molar-refractivity contribution is 6.05. The number of para-hydroxylation sites is 1. The van der Waals surface area contributed by atoms with E-state index in [1.54, 1.807) is 13.1 Å². The summed E-state index contributed by atoms with van der Waals surface area (Å²) in [6.45, 7) is 1.57. The van der Waals surface area contributed by atoms with Crippen LogP contribution in [0.25, 0.3) is 10.9 Å². The Kier molecular flexibility index (Phi) is 2.60. The maximum absolute atomic E-state index is 11.4. The van der Waals surface area contributed by atoms with Gasteiger partial charge in [-0.25, -0.2) is 0 Å². The van der Waals surface area contributed by atoms with Crippen LogP contribution in [0.15, 0.2) is 30.5 Å². The van der Waals surface area contributed by atoms with Crippen LogP contribution in [-0.2, 0) is 0 Å². The highest BCUT2D eigenvalue weighted by atomic mass is 16.1. The molecule has 1 aromatic heterocycles. The summed E-state index contributed by atoms with van der Waals surface area (Å²) >= 11 is 0. The molecule has 0 aliphatic heterocycles. The van der Waals surface area contributed by atoms with Crippen molar-refractivity contribution in [1.82, 2.24) is 4.98 Å². The first-order valence-corrected chi connectivity index (χ1v) is 5.16. The van der Waals surface area contributed by atoms with Crippen molar-refractivity contribution < 1.29 is 4.79 Å². The molecule has 82 valence electrons. The molecule has 3 heteroatoms. The summed E-state index contributed by atoms with van der Waals surface area (Å²) in [5.41, 5.74) is 2.50. The number of rotatable bonds is 2. The molecular formula is C13H14N2O. The van der Waals surface area contributed by atoms with Crippen LogP contribution in [0, 0.1) is 0 Å². The third-order valence-corrected chi connectivity index (χ3v) is 2.59. The van der Waals surface area contributed by atoms with Gasteiger partial charge in [-0.05, 0) is 19.1 Å². The maximum Gasteiger partial charge on any atom is 0.161 e. The average Bonchev–Trinajstić information content (AvgIpc) is 2.27. The first kappa shape index (κ1) is 10.6. The predicted molar refractivity (Wildman–Crippen MR) is 66.1 cm³/mol. The van der Waals surface area contributed by atoms with Crippen molar-refractivity contribution in [3.05, 3.63) is 36.0 Å². The van der Waals surface area contributed by atoms with E-state index in [9.17, 15) is 4.79 Å². The molecule has 0 aliphatic rings. The summed E-state index contributed by atoms with van der Waals surface area (Å²) < 4.78 is 0. The molecule has 3 nitrogen and oxygen atoms in total. The number of pyridine rings is 1. The Bertz CT molecular complexity index is 547. The van der Waals surface area contributed by atoms with Crippen molar-refractivity contribution >= 4 is 22.4 Å². The molecule has 0 saturated heterocycles. The van der Waals surface area contributed by atoms with Crippen LogP contribution < -0.4 is 4.90 Å². The number of ketones is 1. The fraction of sp³-hybridized carbons (Fsp3) is 0.231. The SMILES string of the molecule is CC(=O)c1cccc2cc(N(C)C)cnc12. The number of carbonyl (C=O) groups is 1. The zero-order valence-corrected chi connectivity index (χ0v) is 9.69. The summed E-state index contributed by atoms with van der Waals surface area (Å²) in [6, 6.07) is 7.71. The average molecular weight is 214 g/mol. The minimum atomic E-state index is 0.0516. The van der Waals surface area contributed by atoms with Crippen molar-refractivity contribution in [2.75, 3.05) is 19.0 Å². The predicted octanol–water partition coefficient (Wildman–Crippen LogP) is 2.50. The van der Waals surface area contributed by atoms with E-state index in [1.807, 2.05) is 43.3 Å². The Morgan fingerprint density at radius 1 is 1.31 bits per heavy atom. The van der Waals surface area contributed by atoms with Crippen LogP contribution in [0.5, 0.6) is 0 Å². The van der Waals surface area contributed by atoms with Crippen LogP contribution in [0.2, 0.25) is 0 Å². The number of Topliss-reactive ketones (excluding diaryl/α,β-unsaturated/α-hetero) is 1. The van der Waals surface area contributed by atoms with Crippen LogP contribution in [-0.4, -0.2) is 24.9 Å². The van der Waals surface area contributed by atoms with Gasteiger partial charge in [0.15, 0.2) is 5.78 Å². The molecule has 2 rings (SSSR count). The molecule has 1 aromatic carbocycles. The number of nitrogens with zero attached hydrogens (tertiary/aromatic N) is 2. The van der Waals surface area contributed by atoms with E-state index in [0.29, 0.717) is 5.56 Å². The molecule has 0 aliphatic carbocycles. The lowest BCUT2D eigenvalue weighted by molar-refractivity contribution is 0.101. The van der Waals surface area contributed by atoms with Crippen LogP contribution in [0.1, 0.15) is 17.3 Å². The van der Waals surface area contributed by atoms with E-state index in [0.717, 1.165) is 16.6 Å². The number of fused-ring (bicyclic) bond motifs is 1. The molecule has 0 bridgehead atoms. The topological polar surface area (TPSA) is 33.2 Å². The molecule has 0 saturated carbocycles. The van der Waals surface area contributed by atoms with Gasteiger partial charge in [-0.3, -0.25) is 9.78 Å². The lowest BCUT2D eigenvalue weighted by Gasteiger charge is -2.12. The summed E-state index contributed by atoms with van der Waals surface area (Å²) in [4.78, 5) is 17.8. The molecule has 2 aromatic rings. The molecule has 0 radical (unpaired) electrons. The fourth-order valence-corrected chi connectivity index (χ4v) is 1.68. The molecule has 0 fully saturated rings. The number of aromatic nitrogens is 1. The lowest BCUT2D eigenvalue weighted by Crippen LogP contribution is -2.09. The second-order valence-corrected chi connectivity index (χ2v) is 4.02. The summed E-state index contributed by atoms with van der Waals surface area (Å²) in [7, 11) is 3.94. The van der Waals surface area contributed by atoms with Crippen molar-refractivity contribution in [3.8, 4) is 0 Å². The Hall–Kier alpha value is -1.90. The van der Waals surface area contributed by atoms with Gasteiger partial charge in [-0.2, -0.15) is 0 Å². The Labute approximate surface area is 94.7 Å². The number of hydrogen-bond acceptors (Lipinski definition) is 3. The minimum absolute atomic E-state index is 0.0516. The van der Waals surface area contributed by atoms with Gasteiger partial charge in [0.2, 0.25) is 0 Å². The maximum atomic E-state index is 11.4. The van der Waals surface area contributed by atoms with E-state index >= 15 is 0 Å². The van der Waals surface area contributed by atoms with Gasteiger partial charge in [0, 0.05) is 25.0 Å². The van der Waals surface area contributed by atoms with Crippen molar-refractivity contribution in [2.24, 2.45) is 0 Å². The smallest absolute Gasteiger partial charge is 0.161 e. The van der Waals surface area contributed by atoms with Gasteiger partial charge < -0.3 is 4.90 Å². The van der Waals surface area contributed by atoms with Gasteiger partial charge in [-0.1, -0.05) is 12.1 Å². The Balaban J connectivity index is 2.69. The van der Waals surface area contributed by atoms with Gasteiger partial charge in [0.05, 0.1) is 17.4 Å². The van der Waals surface area contributed by atoms with Gasteiger partial charge >= 0.3 is 0 Å². The molecular weight excluding hydrogens is 200 g/mol. The number of anilines is 1. The van der Waals surface area contributed by atoms with E-state index in [4.69, 9.17) is 0 Å². The van der Waals surface area contributed by atoms with E-state index in [1.165, 1.54) is 0 Å². The molecule has 16 heavy (non-hydrogen) atoms.